The van der Waals surface area contributed by atoms with E-state index in [0.29, 0.717) is 0 Å². The molecule has 13 nitrogen and oxygen atoms in total. The standard InChI is InChI=1S/C26H32N4O9/c31-20-9-8-18(24(34)29-20)30-25(35)17-6-3-7-19(23(17)26(30)36)39-15-21(32)27-10-11-37-12-13-38-14-22(33)28-16-4-1-2-5-16/h3,6-7,16,18H,1-2,4-5,8-15H2,(H,27,32)(H,28,33)(H,29,31,34). The smallest absolute Gasteiger partial charge is 0.266 e. The van der Waals surface area contributed by atoms with Crippen LogP contribution in [0.25, 0.3) is 0 Å². The summed E-state index contributed by atoms with van der Waals surface area (Å²) in [5, 5.41) is 7.70. The third-order valence-corrected chi connectivity index (χ3v) is 6.68. The van der Waals surface area contributed by atoms with Gasteiger partial charge in [0.25, 0.3) is 17.7 Å². The zero-order valence-electron chi connectivity index (χ0n) is 21.5. The van der Waals surface area contributed by atoms with Crippen molar-refractivity contribution in [2.75, 3.05) is 39.6 Å². The van der Waals surface area contributed by atoms with E-state index < -0.39 is 42.2 Å². The number of hydrogen-bond donors (Lipinski definition) is 3. The van der Waals surface area contributed by atoms with Gasteiger partial charge < -0.3 is 24.8 Å². The number of nitrogens with one attached hydrogen (secondary N) is 3. The molecule has 0 bridgehead atoms. The van der Waals surface area contributed by atoms with Gasteiger partial charge in [-0.1, -0.05) is 18.9 Å². The number of imide groups is 2. The number of carbonyl (C=O) groups is 6. The van der Waals surface area contributed by atoms with Crippen molar-refractivity contribution in [1.82, 2.24) is 20.9 Å². The second-order valence-electron chi connectivity index (χ2n) is 9.48. The number of ether oxygens (including phenoxy) is 3. The minimum Gasteiger partial charge on any atom is -0.483 e. The van der Waals surface area contributed by atoms with Crippen LogP contribution in [0.4, 0.5) is 0 Å². The van der Waals surface area contributed by atoms with Crippen LogP contribution in [0, 0.1) is 0 Å². The fraction of sp³-hybridized carbons (Fsp3) is 0.538. The Morgan fingerprint density at radius 2 is 1.69 bits per heavy atom. The summed E-state index contributed by atoms with van der Waals surface area (Å²) in [6.07, 6.45) is 4.37. The highest BCUT2D eigenvalue weighted by molar-refractivity contribution is 6.24. The summed E-state index contributed by atoms with van der Waals surface area (Å²) in [5.41, 5.74) is 0.0366. The van der Waals surface area contributed by atoms with Crippen LogP contribution < -0.4 is 20.7 Å². The summed E-state index contributed by atoms with van der Waals surface area (Å²) in [6.45, 7) is 0.512. The predicted octanol–water partition coefficient (Wildman–Crippen LogP) is -0.325. The van der Waals surface area contributed by atoms with E-state index in [1.54, 1.807) is 0 Å². The number of benzene rings is 1. The van der Waals surface area contributed by atoms with Gasteiger partial charge in [0.1, 0.15) is 18.4 Å². The molecule has 1 aromatic carbocycles. The molecule has 1 atom stereocenters. The average molecular weight is 545 g/mol. The highest BCUT2D eigenvalue weighted by atomic mass is 16.5. The minimum atomic E-state index is -1.09. The zero-order chi connectivity index (χ0) is 27.8. The maximum Gasteiger partial charge on any atom is 0.266 e. The van der Waals surface area contributed by atoms with Gasteiger partial charge in [-0.15, -0.1) is 0 Å². The first-order chi connectivity index (χ1) is 18.8. The predicted molar refractivity (Wildman–Crippen MR) is 134 cm³/mol. The molecule has 4 rings (SSSR count). The second kappa shape index (κ2) is 13.3. The Bertz CT molecular complexity index is 1130. The van der Waals surface area contributed by atoms with Gasteiger partial charge in [0.05, 0.1) is 30.9 Å². The van der Waals surface area contributed by atoms with Crippen molar-refractivity contribution >= 4 is 35.4 Å². The lowest BCUT2D eigenvalue weighted by Gasteiger charge is -2.27. The van der Waals surface area contributed by atoms with Gasteiger partial charge in [-0.2, -0.15) is 0 Å². The van der Waals surface area contributed by atoms with E-state index in [2.05, 4.69) is 16.0 Å². The lowest BCUT2D eigenvalue weighted by molar-refractivity contribution is -0.136. The summed E-state index contributed by atoms with van der Waals surface area (Å²) in [6, 6.07) is 3.58. The first-order valence-corrected chi connectivity index (χ1v) is 13.0. The zero-order valence-corrected chi connectivity index (χ0v) is 21.5. The molecule has 210 valence electrons. The van der Waals surface area contributed by atoms with Gasteiger partial charge in [0.15, 0.2) is 6.61 Å². The first-order valence-electron chi connectivity index (χ1n) is 13.0. The van der Waals surface area contributed by atoms with E-state index in [1.807, 2.05) is 0 Å². The van der Waals surface area contributed by atoms with E-state index in [9.17, 15) is 28.8 Å². The highest BCUT2D eigenvalue weighted by Gasteiger charge is 2.46. The topological polar surface area (TPSA) is 169 Å². The number of piperidine rings is 1. The SMILES string of the molecule is O=C(COc1cccc2c1C(=O)N(C1CCC(=O)NC1=O)C2=O)NCCOCCOCC(=O)NC1CCCC1. The van der Waals surface area contributed by atoms with Gasteiger partial charge in [0.2, 0.25) is 17.7 Å². The van der Waals surface area contributed by atoms with Crippen molar-refractivity contribution in [3.63, 3.8) is 0 Å². The number of nitrogens with zero attached hydrogens (tertiary/aromatic N) is 1. The minimum absolute atomic E-state index is 0.0155. The van der Waals surface area contributed by atoms with Crippen molar-refractivity contribution in [2.24, 2.45) is 0 Å². The normalized spacial score (nSPS) is 19.2. The molecule has 2 aliphatic heterocycles. The molecule has 2 fully saturated rings. The van der Waals surface area contributed by atoms with Crippen LogP contribution in [0.3, 0.4) is 0 Å². The lowest BCUT2D eigenvalue weighted by atomic mass is 10.0. The van der Waals surface area contributed by atoms with Gasteiger partial charge >= 0.3 is 0 Å². The Kier molecular flexibility index (Phi) is 9.60. The highest BCUT2D eigenvalue weighted by Crippen LogP contribution is 2.33. The fourth-order valence-electron chi connectivity index (χ4n) is 4.79. The van der Waals surface area contributed by atoms with Gasteiger partial charge in [-0.3, -0.25) is 39.0 Å². The van der Waals surface area contributed by atoms with Crippen molar-refractivity contribution < 1.29 is 43.0 Å². The molecule has 1 saturated heterocycles. The molecular weight excluding hydrogens is 512 g/mol. The third kappa shape index (κ3) is 7.18. The van der Waals surface area contributed by atoms with Crippen LogP contribution in [-0.4, -0.2) is 92.0 Å². The van der Waals surface area contributed by atoms with Crippen LogP contribution in [0.15, 0.2) is 18.2 Å². The maximum atomic E-state index is 13.0. The van der Waals surface area contributed by atoms with Crippen LogP contribution in [0.2, 0.25) is 0 Å². The quantitative estimate of drug-likeness (QED) is 0.222. The number of amides is 6. The number of fused-ring (bicyclic) bond motifs is 1. The fourth-order valence-corrected chi connectivity index (χ4v) is 4.79. The van der Waals surface area contributed by atoms with Crippen LogP contribution in [-0.2, 0) is 28.7 Å². The molecular formula is C26H32N4O9. The molecule has 1 aromatic rings. The van der Waals surface area contributed by atoms with Crippen LogP contribution in [0.1, 0.15) is 59.2 Å². The van der Waals surface area contributed by atoms with Crippen molar-refractivity contribution in [3.05, 3.63) is 29.3 Å². The molecule has 39 heavy (non-hydrogen) atoms. The van der Waals surface area contributed by atoms with Crippen LogP contribution >= 0.6 is 0 Å². The Morgan fingerprint density at radius 3 is 2.46 bits per heavy atom. The molecule has 0 aromatic heterocycles. The average Bonchev–Trinajstić information content (AvgIpc) is 3.51. The van der Waals surface area contributed by atoms with Gasteiger partial charge in [0, 0.05) is 19.0 Å². The second-order valence-corrected chi connectivity index (χ2v) is 9.48. The van der Waals surface area contributed by atoms with E-state index in [-0.39, 0.29) is 74.6 Å². The largest absolute Gasteiger partial charge is 0.483 e. The molecule has 2 heterocycles. The number of hydrogen-bond acceptors (Lipinski definition) is 9. The summed E-state index contributed by atoms with van der Waals surface area (Å²) in [7, 11) is 0. The molecule has 3 aliphatic rings. The molecule has 1 saturated carbocycles. The molecule has 3 N–H and O–H groups in total. The molecule has 6 amide bonds. The van der Waals surface area contributed by atoms with E-state index in [4.69, 9.17) is 14.2 Å². The maximum absolute atomic E-state index is 13.0. The van der Waals surface area contributed by atoms with Crippen molar-refractivity contribution in [3.8, 4) is 5.75 Å². The molecule has 0 spiro atoms. The van der Waals surface area contributed by atoms with E-state index in [0.717, 1.165) is 30.6 Å². The number of rotatable bonds is 13. The first kappa shape index (κ1) is 28.2. The summed E-state index contributed by atoms with van der Waals surface area (Å²) in [4.78, 5) is 74.4. The van der Waals surface area contributed by atoms with E-state index >= 15 is 0 Å². The van der Waals surface area contributed by atoms with E-state index in [1.165, 1.54) is 18.2 Å². The van der Waals surface area contributed by atoms with Gasteiger partial charge in [-0.05, 0) is 31.4 Å². The Hall–Kier alpha value is -3.84. The van der Waals surface area contributed by atoms with Crippen molar-refractivity contribution in [2.45, 2.75) is 50.6 Å². The Labute approximate surface area is 224 Å². The molecule has 1 unspecified atom stereocenters. The van der Waals surface area contributed by atoms with Crippen LogP contribution in [0.5, 0.6) is 5.75 Å². The lowest BCUT2D eigenvalue weighted by Crippen LogP contribution is -2.54. The summed E-state index contributed by atoms with van der Waals surface area (Å²) < 4.78 is 16.2. The molecule has 0 radical (unpaired) electrons. The Balaban J connectivity index is 1.14. The van der Waals surface area contributed by atoms with Crippen molar-refractivity contribution in [1.29, 1.82) is 0 Å². The van der Waals surface area contributed by atoms with Gasteiger partial charge in [-0.25, -0.2) is 0 Å². The molecule has 13 heteroatoms. The monoisotopic (exact) mass is 544 g/mol. The third-order valence-electron chi connectivity index (χ3n) is 6.68. The summed E-state index contributed by atoms with van der Waals surface area (Å²) >= 11 is 0. The molecule has 1 aliphatic carbocycles. The Morgan fingerprint density at radius 1 is 0.923 bits per heavy atom. The summed E-state index contributed by atoms with van der Waals surface area (Å²) in [5.74, 6) is -3.09. The number of carbonyl (C=O) groups excluding carboxylic acids is 6.